The fourth-order valence-corrected chi connectivity index (χ4v) is 3.08. The molecular formula is C18H24FNO4. The number of aliphatic carboxylic acids is 1. The van der Waals surface area contributed by atoms with Crippen molar-refractivity contribution in [2.45, 2.75) is 32.1 Å². The Kier molecular flexibility index (Phi) is 6.73. The summed E-state index contributed by atoms with van der Waals surface area (Å²) in [4.78, 5) is 23.6. The molecule has 5 nitrogen and oxygen atoms in total. The van der Waals surface area contributed by atoms with E-state index >= 15 is 0 Å². The largest absolute Gasteiger partial charge is 0.481 e. The molecule has 1 aliphatic heterocycles. The Bertz CT molecular complexity index is 572. The number of nitrogens with one attached hydrogen (secondary N) is 1. The van der Waals surface area contributed by atoms with Gasteiger partial charge in [-0.15, -0.1) is 0 Å². The van der Waals surface area contributed by atoms with Crippen molar-refractivity contribution in [3.05, 3.63) is 35.6 Å². The number of halogens is 1. The zero-order valence-electron chi connectivity index (χ0n) is 13.8. The summed E-state index contributed by atoms with van der Waals surface area (Å²) in [5.41, 5.74) is 0.754. The van der Waals surface area contributed by atoms with Crippen molar-refractivity contribution in [3.8, 4) is 0 Å². The predicted octanol–water partition coefficient (Wildman–Crippen LogP) is 2.56. The quantitative estimate of drug-likeness (QED) is 0.802. The third kappa shape index (κ3) is 5.30. The van der Waals surface area contributed by atoms with Gasteiger partial charge in [0.15, 0.2) is 0 Å². The van der Waals surface area contributed by atoms with E-state index in [1.807, 2.05) is 6.92 Å². The van der Waals surface area contributed by atoms with E-state index in [2.05, 4.69) is 5.32 Å². The lowest BCUT2D eigenvalue weighted by molar-refractivity contribution is -0.145. The van der Waals surface area contributed by atoms with Crippen molar-refractivity contribution in [3.63, 3.8) is 0 Å². The van der Waals surface area contributed by atoms with Crippen molar-refractivity contribution >= 4 is 11.9 Å². The van der Waals surface area contributed by atoms with Crippen molar-refractivity contribution in [1.29, 1.82) is 0 Å². The highest BCUT2D eigenvalue weighted by Gasteiger charge is 2.30. The van der Waals surface area contributed by atoms with Gasteiger partial charge in [0.1, 0.15) is 5.82 Å². The highest BCUT2D eigenvalue weighted by molar-refractivity contribution is 5.78. The molecule has 1 aliphatic rings. The third-order valence-corrected chi connectivity index (χ3v) is 4.58. The summed E-state index contributed by atoms with van der Waals surface area (Å²) in [7, 11) is 0. The van der Waals surface area contributed by atoms with Gasteiger partial charge < -0.3 is 15.2 Å². The Morgan fingerprint density at radius 2 is 2.08 bits per heavy atom. The topological polar surface area (TPSA) is 75.6 Å². The molecule has 0 saturated carbocycles. The van der Waals surface area contributed by atoms with Gasteiger partial charge in [-0.3, -0.25) is 9.59 Å². The van der Waals surface area contributed by atoms with Gasteiger partial charge in [-0.1, -0.05) is 19.1 Å². The van der Waals surface area contributed by atoms with Crippen LogP contribution in [0.2, 0.25) is 0 Å². The molecule has 1 aromatic rings. The molecule has 0 bridgehead atoms. The number of hydrogen-bond donors (Lipinski definition) is 2. The Balaban J connectivity index is 1.85. The van der Waals surface area contributed by atoms with E-state index in [0.717, 1.165) is 5.56 Å². The number of carboxylic acids is 1. The van der Waals surface area contributed by atoms with Crippen LogP contribution < -0.4 is 5.32 Å². The smallest absolute Gasteiger partial charge is 0.308 e. The van der Waals surface area contributed by atoms with Crippen LogP contribution in [0.1, 0.15) is 37.7 Å². The Morgan fingerprint density at radius 3 is 2.71 bits per heavy atom. The molecule has 0 radical (unpaired) electrons. The van der Waals surface area contributed by atoms with Crippen LogP contribution in [-0.2, 0) is 14.3 Å². The van der Waals surface area contributed by atoms with Crippen LogP contribution in [-0.4, -0.2) is 36.7 Å². The van der Waals surface area contributed by atoms with Crippen LogP contribution in [0, 0.1) is 17.7 Å². The molecule has 132 valence electrons. The second kappa shape index (κ2) is 8.78. The molecule has 2 atom stereocenters. The second-order valence-electron chi connectivity index (χ2n) is 6.36. The van der Waals surface area contributed by atoms with Crippen LogP contribution >= 0.6 is 0 Å². The minimum atomic E-state index is -0.889. The van der Waals surface area contributed by atoms with Crippen molar-refractivity contribution in [2.75, 3.05) is 19.8 Å². The first-order valence-corrected chi connectivity index (χ1v) is 8.30. The molecule has 1 fully saturated rings. The number of carbonyl (C=O) groups is 2. The van der Waals surface area contributed by atoms with Gasteiger partial charge in [-0.25, -0.2) is 4.39 Å². The summed E-state index contributed by atoms with van der Waals surface area (Å²) in [6.45, 7) is 3.11. The molecule has 1 aromatic carbocycles. The number of hydrogen-bond acceptors (Lipinski definition) is 3. The van der Waals surface area contributed by atoms with E-state index in [-0.39, 0.29) is 36.5 Å². The van der Waals surface area contributed by atoms with E-state index in [1.165, 1.54) is 12.1 Å². The maximum Gasteiger partial charge on any atom is 0.308 e. The minimum absolute atomic E-state index is 0.0252. The van der Waals surface area contributed by atoms with Crippen molar-refractivity contribution in [2.24, 2.45) is 11.8 Å². The molecule has 1 saturated heterocycles. The number of ether oxygens (including phenoxy) is 1. The lowest BCUT2D eigenvalue weighted by Crippen LogP contribution is -2.39. The number of benzene rings is 1. The van der Waals surface area contributed by atoms with E-state index in [9.17, 15) is 19.1 Å². The predicted molar refractivity (Wildman–Crippen MR) is 87.1 cm³/mol. The van der Waals surface area contributed by atoms with Crippen LogP contribution in [0.5, 0.6) is 0 Å². The molecule has 24 heavy (non-hydrogen) atoms. The third-order valence-electron chi connectivity index (χ3n) is 4.58. The van der Waals surface area contributed by atoms with E-state index in [0.29, 0.717) is 26.1 Å². The Labute approximate surface area is 141 Å². The lowest BCUT2D eigenvalue weighted by atomic mass is 9.86. The zero-order valence-corrected chi connectivity index (χ0v) is 13.8. The molecule has 0 spiro atoms. The maximum atomic E-state index is 13.2. The summed E-state index contributed by atoms with van der Waals surface area (Å²) >= 11 is 0. The molecule has 0 aromatic heterocycles. The lowest BCUT2D eigenvalue weighted by Gasteiger charge is -2.27. The fraction of sp³-hybridized carbons (Fsp3) is 0.556. The fourth-order valence-electron chi connectivity index (χ4n) is 3.08. The summed E-state index contributed by atoms with van der Waals surface area (Å²) in [6.07, 6.45) is 1.60. The molecule has 2 unspecified atom stereocenters. The Morgan fingerprint density at radius 1 is 1.38 bits per heavy atom. The molecule has 0 aliphatic carbocycles. The number of carboxylic acid groups (broad SMARTS) is 1. The number of carbonyl (C=O) groups excluding carboxylic acids is 1. The number of rotatable bonds is 7. The van der Waals surface area contributed by atoms with Gasteiger partial charge in [0.25, 0.3) is 0 Å². The average molecular weight is 337 g/mol. The van der Waals surface area contributed by atoms with Gasteiger partial charge in [0, 0.05) is 26.2 Å². The highest BCUT2D eigenvalue weighted by atomic mass is 19.1. The second-order valence-corrected chi connectivity index (χ2v) is 6.36. The van der Waals surface area contributed by atoms with E-state index in [1.54, 1.807) is 12.1 Å². The van der Waals surface area contributed by atoms with Gasteiger partial charge in [-0.2, -0.15) is 0 Å². The first-order valence-electron chi connectivity index (χ1n) is 8.30. The van der Waals surface area contributed by atoms with Gasteiger partial charge in [0.2, 0.25) is 5.91 Å². The first-order chi connectivity index (χ1) is 11.5. The monoisotopic (exact) mass is 337 g/mol. The molecule has 2 rings (SSSR count). The Hall–Kier alpha value is -1.95. The maximum absolute atomic E-state index is 13.2. The molecule has 2 N–H and O–H groups in total. The summed E-state index contributed by atoms with van der Waals surface area (Å²) in [5, 5.41) is 12.1. The number of amides is 1. The standard InChI is InChI=1S/C18H24FNO4/c1-12(14-3-2-4-15(19)10-14)9-17(21)20-11-16(18(22)23)13-5-7-24-8-6-13/h2-4,10,12-13,16H,5-9,11H2,1H3,(H,20,21)(H,22,23). The normalized spacial score (nSPS) is 17.9. The zero-order chi connectivity index (χ0) is 17.5. The minimum Gasteiger partial charge on any atom is -0.481 e. The van der Waals surface area contributed by atoms with Gasteiger partial charge in [0.05, 0.1) is 5.92 Å². The van der Waals surface area contributed by atoms with E-state index < -0.39 is 11.9 Å². The van der Waals surface area contributed by atoms with Crippen LogP contribution in [0.15, 0.2) is 24.3 Å². The SMILES string of the molecule is CC(CC(=O)NCC(C(=O)O)C1CCOCC1)c1cccc(F)c1. The molecule has 6 heteroatoms. The average Bonchev–Trinajstić information content (AvgIpc) is 2.55. The summed E-state index contributed by atoms with van der Waals surface area (Å²) in [5.74, 6) is -2.14. The summed E-state index contributed by atoms with van der Waals surface area (Å²) < 4.78 is 18.5. The first kappa shape index (κ1) is 18.4. The van der Waals surface area contributed by atoms with Gasteiger partial charge >= 0.3 is 5.97 Å². The molecule has 1 amide bonds. The molecule has 1 heterocycles. The van der Waals surface area contributed by atoms with Crippen LogP contribution in [0.25, 0.3) is 0 Å². The summed E-state index contributed by atoms with van der Waals surface area (Å²) in [6, 6.07) is 6.18. The van der Waals surface area contributed by atoms with Crippen molar-refractivity contribution in [1.82, 2.24) is 5.32 Å². The molecular weight excluding hydrogens is 313 g/mol. The van der Waals surface area contributed by atoms with Crippen molar-refractivity contribution < 1.29 is 23.8 Å². The van der Waals surface area contributed by atoms with Crippen LogP contribution in [0.4, 0.5) is 4.39 Å². The highest BCUT2D eigenvalue weighted by Crippen LogP contribution is 2.24. The van der Waals surface area contributed by atoms with Gasteiger partial charge in [-0.05, 0) is 42.4 Å². The van der Waals surface area contributed by atoms with Crippen LogP contribution in [0.3, 0.4) is 0 Å². The van der Waals surface area contributed by atoms with E-state index in [4.69, 9.17) is 4.74 Å².